The van der Waals surface area contributed by atoms with E-state index >= 15 is 0 Å². The Balaban J connectivity index is 0.00000118. The fourth-order valence-corrected chi connectivity index (χ4v) is 2.33. The quantitative estimate of drug-likeness (QED) is 0.638. The van der Waals surface area contributed by atoms with Crippen LogP contribution in [-0.2, 0) is 4.74 Å². The lowest BCUT2D eigenvalue weighted by Crippen LogP contribution is -2.33. The van der Waals surface area contributed by atoms with Gasteiger partial charge in [-0.15, -0.1) is 5.10 Å². The number of rotatable bonds is 10. The summed E-state index contributed by atoms with van der Waals surface area (Å²) in [5.74, 6) is 0.761. The molecule has 0 amide bonds. The van der Waals surface area contributed by atoms with E-state index < -0.39 is 0 Å². The van der Waals surface area contributed by atoms with Gasteiger partial charge in [0.05, 0.1) is 19.3 Å². The van der Waals surface area contributed by atoms with Crippen molar-refractivity contribution >= 4 is 0 Å². The Bertz CT molecular complexity index is 430. The lowest BCUT2D eigenvalue weighted by molar-refractivity contribution is 0.140. The van der Waals surface area contributed by atoms with E-state index in [2.05, 4.69) is 56.2 Å². The van der Waals surface area contributed by atoms with E-state index in [1.54, 1.807) is 7.11 Å². The Morgan fingerprint density at radius 3 is 2.21 bits per heavy atom. The molecule has 0 saturated heterocycles. The summed E-state index contributed by atoms with van der Waals surface area (Å²) < 4.78 is 12.8. The van der Waals surface area contributed by atoms with Crippen molar-refractivity contribution in [2.24, 2.45) is 0 Å². The Hall–Kier alpha value is -1.07. The molecule has 5 heteroatoms. The second kappa shape index (κ2) is 13.2. The van der Waals surface area contributed by atoms with Crippen LogP contribution in [0.5, 0.6) is 5.88 Å². The second-order valence-corrected chi connectivity index (χ2v) is 6.13. The number of likely N-dealkylation sites (N-methyl/N-ethyl adjacent to an activating group) is 1. The topological polar surface area (TPSA) is 39.5 Å². The van der Waals surface area contributed by atoms with Crippen LogP contribution in [0.25, 0.3) is 0 Å². The molecular weight excluding hydrogens is 302 g/mol. The van der Waals surface area contributed by atoms with E-state index in [0.717, 1.165) is 37.7 Å². The van der Waals surface area contributed by atoms with E-state index in [4.69, 9.17) is 9.47 Å². The van der Waals surface area contributed by atoms with Crippen molar-refractivity contribution in [1.82, 2.24) is 14.7 Å². The van der Waals surface area contributed by atoms with Crippen molar-refractivity contribution in [1.29, 1.82) is 0 Å². The molecule has 142 valence electrons. The average Bonchev–Trinajstić information content (AvgIpc) is 2.87. The molecule has 0 unspecified atom stereocenters. The minimum atomic E-state index is 0.319. The van der Waals surface area contributed by atoms with Gasteiger partial charge in [-0.3, -0.25) is 9.58 Å². The zero-order valence-corrected chi connectivity index (χ0v) is 17.2. The smallest absolute Gasteiger partial charge is 0.235 e. The second-order valence-electron chi connectivity index (χ2n) is 6.13. The Morgan fingerprint density at radius 2 is 1.75 bits per heavy atom. The van der Waals surface area contributed by atoms with E-state index in [1.165, 1.54) is 18.5 Å². The van der Waals surface area contributed by atoms with Crippen molar-refractivity contribution in [3.05, 3.63) is 11.3 Å². The number of unbranched alkanes of at least 4 members (excludes halogenated alkanes) is 1. The zero-order valence-electron chi connectivity index (χ0n) is 17.2. The van der Waals surface area contributed by atoms with Gasteiger partial charge in [0.1, 0.15) is 0 Å². The maximum atomic E-state index is 5.58. The molecule has 0 aliphatic rings. The first kappa shape index (κ1) is 22.9. The minimum Gasteiger partial charge on any atom is -0.477 e. The predicted octanol–water partition coefficient (Wildman–Crippen LogP) is 4.23. The third-order valence-electron chi connectivity index (χ3n) is 4.19. The fourth-order valence-electron chi connectivity index (χ4n) is 2.33. The molecule has 5 nitrogen and oxygen atoms in total. The SMILES string of the molecule is CCCC.CCOc1nn([C@@H](C)CN(CC)CCOC)c(C)c1C. The highest BCUT2D eigenvalue weighted by Gasteiger charge is 2.17. The lowest BCUT2D eigenvalue weighted by atomic mass is 10.2. The highest BCUT2D eigenvalue weighted by molar-refractivity contribution is 5.29. The van der Waals surface area contributed by atoms with Gasteiger partial charge in [-0.05, 0) is 34.2 Å². The van der Waals surface area contributed by atoms with Crippen LogP contribution >= 0.6 is 0 Å². The van der Waals surface area contributed by atoms with Crippen LogP contribution in [0.4, 0.5) is 0 Å². The van der Waals surface area contributed by atoms with Gasteiger partial charge in [-0.1, -0.05) is 33.6 Å². The van der Waals surface area contributed by atoms with Crippen molar-refractivity contribution in [3.63, 3.8) is 0 Å². The molecule has 1 aromatic rings. The van der Waals surface area contributed by atoms with Gasteiger partial charge in [0.15, 0.2) is 0 Å². The zero-order chi connectivity index (χ0) is 18.5. The van der Waals surface area contributed by atoms with Crippen molar-refractivity contribution < 1.29 is 9.47 Å². The molecule has 0 fully saturated rings. The van der Waals surface area contributed by atoms with Gasteiger partial charge in [-0.25, -0.2) is 0 Å². The molecule has 1 atom stereocenters. The molecule has 0 bridgehead atoms. The summed E-state index contributed by atoms with van der Waals surface area (Å²) in [6, 6.07) is 0.319. The molecule has 0 aromatic carbocycles. The molecule has 0 aliphatic heterocycles. The third kappa shape index (κ3) is 7.67. The highest BCUT2D eigenvalue weighted by atomic mass is 16.5. The molecule has 0 radical (unpaired) electrons. The molecule has 1 aromatic heterocycles. The van der Waals surface area contributed by atoms with Crippen LogP contribution in [0.2, 0.25) is 0 Å². The molecular formula is C19H39N3O2. The van der Waals surface area contributed by atoms with Crippen LogP contribution in [0.3, 0.4) is 0 Å². The molecule has 24 heavy (non-hydrogen) atoms. The molecule has 1 rings (SSSR count). The molecule has 0 aliphatic carbocycles. The lowest BCUT2D eigenvalue weighted by Gasteiger charge is -2.24. The first-order valence-corrected chi connectivity index (χ1v) is 9.36. The minimum absolute atomic E-state index is 0.319. The number of aromatic nitrogens is 2. The highest BCUT2D eigenvalue weighted by Crippen LogP contribution is 2.23. The summed E-state index contributed by atoms with van der Waals surface area (Å²) >= 11 is 0. The molecule has 1 heterocycles. The monoisotopic (exact) mass is 341 g/mol. The summed E-state index contributed by atoms with van der Waals surface area (Å²) in [6.45, 7) is 19.3. The number of ether oxygens (including phenoxy) is 2. The van der Waals surface area contributed by atoms with Gasteiger partial charge in [0.2, 0.25) is 5.88 Å². The van der Waals surface area contributed by atoms with Crippen molar-refractivity contribution in [2.75, 3.05) is 40.0 Å². The third-order valence-corrected chi connectivity index (χ3v) is 4.19. The number of methoxy groups -OCH3 is 1. The van der Waals surface area contributed by atoms with Gasteiger partial charge >= 0.3 is 0 Å². The molecule has 0 N–H and O–H groups in total. The summed E-state index contributed by atoms with van der Waals surface area (Å²) in [6.07, 6.45) is 2.64. The Labute approximate surface area is 149 Å². The molecule has 0 spiro atoms. The van der Waals surface area contributed by atoms with Gasteiger partial charge in [0, 0.05) is 31.5 Å². The van der Waals surface area contributed by atoms with Gasteiger partial charge in [-0.2, -0.15) is 0 Å². The maximum absolute atomic E-state index is 5.58. The summed E-state index contributed by atoms with van der Waals surface area (Å²) in [4.78, 5) is 2.38. The largest absolute Gasteiger partial charge is 0.477 e. The first-order valence-electron chi connectivity index (χ1n) is 9.36. The number of hydrogen-bond donors (Lipinski definition) is 0. The van der Waals surface area contributed by atoms with Gasteiger partial charge < -0.3 is 9.47 Å². The van der Waals surface area contributed by atoms with E-state index in [9.17, 15) is 0 Å². The molecule has 0 saturated carbocycles. The Kier molecular flexibility index (Phi) is 12.7. The van der Waals surface area contributed by atoms with E-state index in [0.29, 0.717) is 12.6 Å². The van der Waals surface area contributed by atoms with Crippen LogP contribution < -0.4 is 4.74 Å². The fraction of sp³-hybridized carbons (Fsp3) is 0.842. The first-order chi connectivity index (χ1) is 11.5. The number of hydrogen-bond acceptors (Lipinski definition) is 4. The maximum Gasteiger partial charge on any atom is 0.235 e. The van der Waals surface area contributed by atoms with E-state index in [1.807, 2.05) is 6.92 Å². The summed E-state index contributed by atoms with van der Waals surface area (Å²) in [5, 5.41) is 4.60. The van der Waals surface area contributed by atoms with Crippen LogP contribution in [0, 0.1) is 13.8 Å². The Morgan fingerprint density at radius 1 is 1.12 bits per heavy atom. The van der Waals surface area contributed by atoms with E-state index in [-0.39, 0.29) is 0 Å². The summed E-state index contributed by atoms with van der Waals surface area (Å²) in [5.41, 5.74) is 2.32. The normalized spacial score (nSPS) is 12.0. The van der Waals surface area contributed by atoms with Crippen LogP contribution in [0.15, 0.2) is 0 Å². The van der Waals surface area contributed by atoms with Crippen LogP contribution in [-0.4, -0.2) is 54.6 Å². The average molecular weight is 342 g/mol. The van der Waals surface area contributed by atoms with Crippen LogP contribution in [0.1, 0.15) is 64.8 Å². The van der Waals surface area contributed by atoms with Crippen molar-refractivity contribution in [3.8, 4) is 5.88 Å². The standard InChI is InChI=1S/C15H29N3O2.C4H10/c1-7-17(9-10-19-6)11-12(3)18-14(5)13(4)15(16-18)20-8-2;1-3-4-2/h12H,7-11H2,1-6H3;3-4H2,1-2H3/t12-;/m0./s1. The van der Waals surface area contributed by atoms with Crippen molar-refractivity contribution in [2.45, 2.75) is 67.3 Å². The predicted molar refractivity (Wildman–Crippen MR) is 102 cm³/mol. The summed E-state index contributed by atoms with van der Waals surface area (Å²) in [7, 11) is 1.74. The van der Waals surface area contributed by atoms with Gasteiger partial charge in [0.25, 0.3) is 0 Å². The number of nitrogens with zero attached hydrogens (tertiary/aromatic N) is 3.